The van der Waals surface area contributed by atoms with Gasteiger partial charge in [-0.3, -0.25) is 4.79 Å². The van der Waals surface area contributed by atoms with Crippen molar-refractivity contribution in [3.8, 4) is 0 Å². The second kappa shape index (κ2) is 6.88. The summed E-state index contributed by atoms with van der Waals surface area (Å²) in [7, 11) is 1.79. The monoisotopic (exact) mass is 288 g/mol. The highest BCUT2D eigenvalue weighted by atomic mass is 16.5. The molecule has 0 fully saturated rings. The predicted octanol–water partition coefficient (Wildman–Crippen LogP) is 2.30. The van der Waals surface area contributed by atoms with Crippen LogP contribution in [0.1, 0.15) is 40.9 Å². The zero-order valence-electron chi connectivity index (χ0n) is 12.6. The summed E-state index contributed by atoms with van der Waals surface area (Å²) in [4.78, 5) is 16.6. The van der Waals surface area contributed by atoms with Crippen LogP contribution >= 0.6 is 0 Å². The maximum Gasteiger partial charge on any atom is 0.251 e. The van der Waals surface area contributed by atoms with Crippen LogP contribution in [-0.4, -0.2) is 23.1 Å². The Morgan fingerprint density at radius 2 is 2.14 bits per heavy atom. The fourth-order valence-electron chi connectivity index (χ4n) is 2.00. The predicted molar refractivity (Wildman–Crippen MR) is 80.2 cm³/mol. The molecule has 0 unspecified atom stereocenters. The van der Waals surface area contributed by atoms with Crippen LogP contribution < -0.4 is 10.6 Å². The fourth-order valence-corrected chi connectivity index (χ4v) is 2.00. The highest BCUT2D eigenvalue weighted by molar-refractivity contribution is 5.94. The van der Waals surface area contributed by atoms with E-state index in [2.05, 4.69) is 27.7 Å². The third kappa shape index (κ3) is 4.05. The van der Waals surface area contributed by atoms with Crippen LogP contribution in [0.3, 0.4) is 0 Å². The summed E-state index contributed by atoms with van der Waals surface area (Å²) in [6.45, 7) is 4.24. The summed E-state index contributed by atoms with van der Waals surface area (Å²) in [5.41, 5.74) is 2.30. The van der Waals surface area contributed by atoms with Crippen molar-refractivity contribution in [3.63, 3.8) is 0 Å². The molecule has 21 heavy (non-hydrogen) atoms. The van der Waals surface area contributed by atoms with Crippen molar-refractivity contribution in [1.29, 1.82) is 0 Å². The van der Waals surface area contributed by atoms with Gasteiger partial charge in [0.25, 0.3) is 5.91 Å². The van der Waals surface area contributed by atoms with E-state index in [4.69, 9.17) is 4.52 Å². The number of rotatable bonds is 6. The van der Waals surface area contributed by atoms with Crippen molar-refractivity contribution >= 4 is 11.7 Å². The number of aryl methyl sites for hydroxylation is 2. The molecular formula is C15H20N4O2. The standard InChI is InChI=1S/C15H20N4O2/c1-4-5-12-7-11(8-14(16-3)18-12)15(20)17-9-13-6-10(2)19-21-13/h6-8H,4-5,9H2,1-3H3,(H,16,18)(H,17,20). The van der Waals surface area contributed by atoms with Crippen LogP contribution in [0.15, 0.2) is 22.7 Å². The van der Waals surface area contributed by atoms with Gasteiger partial charge in [-0.1, -0.05) is 18.5 Å². The molecule has 6 heteroatoms. The quantitative estimate of drug-likeness (QED) is 0.852. The Morgan fingerprint density at radius 1 is 1.33 bits per heavy atom. The zero-order chi connectivity index (χ0) is 15.2. The van der Waals surface area contributed by atoms with E-state index in [-0.39, 0.29) is 5.91 Å². The number of amides is 1. The summed E-state index contributed by atoms with van der Waals surface area (Å²) in [6.07, 6.45) is 1.83. The van der Waals surface area contributed by atoms with Crippen molar-refractivity contribution < 1.29 is 9.32 Å². The summed E-state index contributed by atoms with van der Waals surface area (Å²) >= 11 is 0. The molecule has 2 heterocycles. The Morgan fingerprint density at radius 3 is 2.76 bits per heavy atom. The molecule has 2 N–H and O–H groups in total. The van der Waals surface area contributed by atoms with E-state index < -0.39 is 0 Å². The zero-order valence-corrected chi connectivity index (χ0v) is 12.6. The van der Waals surface area contributed by atoms with E-state index in [0.717, 1.165) is 24.2 Å². The van der Waals surface area contributed by atoms with Gasteiger partial charge in [-0.15, -0.1) is 0 Å². The van der Waals surface area contributed by atoms with E-state index >= 15 is 0 Å². The number of anilines is 1. The van der Waals surface area contributed by atoms with Gasteiger partial charge in [0, 0.05) is 24.4 Å². The van der Waals surface area contributed by atoms with E-state index in [1.807, 2.05) is 13.0 Å². The van der Waals surface area contributed by atoms with Gasteiger partial charge >= 0.3 is 0 Å². The number of hydrogen-bond acceptors (Lipinski definition) is 5. The van der Waals surface area contributed by atoms with Crippen molar-refractivity contribution in [2.24, 2.45) is 0 Å². The van der Waals surface area contributed by atoms with Crippen molar-refractivity contribution in [3.05, 3.63) is 40.9 Å². The number of nitrogens with one attached hydrogen (secondary N) is 2. The third-order valence-electron chi connectivity index (χ3n) is 3.00. The van der Waals surface area contributed by atoms with Crippen molar-refractivity contribution in [2.45, 2.75) is 33.2 Å². The molecule has 112 valence electrons. The van der Waals surface area contributed by atoms with Crippen LogP contribution in [0.2, 0.25) is 0 Å². The molecule has 0 spiro atoms. The van der Waals surface area contributed by atoms with Gasteiger partial charge in [0.2, 0.25) is 0 Å². The molecule has 0 radical (unpaired) electrons. The van der Waals surface area contributed by atoms with Gasteiger partial charge in [0.15, 0.2) is 5.76 Å². The number of pyridine rings is 1. The second-order valence-corrected chi connectivity index (χ2v) is 4.85. The first-order valence-corrected chi connectivity index (χ1v) is 7.01. The lowest BCUT2D eigenvalue weighted by atomic mass is 10.1. The van der Waals surface area contributed by atoms with Crippen LogP contribution in [0.5, 0.6) is 0 Å². The average Bonchev–Trinajstić information content (AvgIpc) is 2.90. The molecule has 0 atom stereocenters. The van der Waals surface area contributed by atoms with Gasteiger partial charge in [-0.2, -0.15) is 0 Å². The molecule has 1 amide bonds. The Hall–Kier alpha value is -2.37. The maximum atomic E-state index is 12.2. The molecule has 0 bridgehead atoms. The van der Waals surface area contributed by atoms with Crippen LogP contribution in [0.25, 0.3) is 0 Å². The van der Waals surface area contributed by atoms with E-state index in [9.17, 15) is 4.79 Å². The van der Waals surface area contributed by atoms with E-state index in [0.29, 0.717) is 23.7 Å². The molecule has 0 aliphatic heterocycles. The van der Waals surface area contributed by atoms with E-state index in [1.54, 1.807) is 19.2 Å². The average molecular weight is 288 g/mol. The minimum Gasteiger partial charge on any atom is -0.373 e. The highest BCUT2D eigenvalue weighted by Gasteiger charge is 2.10. The number of carbonyl (C=O) groups is 1. The molecule has 0 aromatic carbocycles. The Balaban J connectivity index is 2.08. The van der Waals surface area contributed by atoms with Crippen LogP contribution in [0.4, 0.5) is 5.82 Å². The topological polar surface area (TPSA) is 80.0 Å². The van der Waals surface area contributed by atoms with Crippen molar-refractivity contribution in [2.75, 3.05) is 12.4 Å². The third-order valence-corrected chi connectivity index (χ3v) is 3.00. The smallest absolute Gasteiger partial charge is 0.251 e. The molecule has 2 aromatic rings. The molecule has 2 aromatic heterocycles. The van der Waals surface area contributed by atoms with Crippen LogP contribution in [-0.2, 0) is 13.0 Å². The minimum absolute atomic E-state index is 0.152. The Bertz CT molecular complexity index is 622. The number of carbonyl (C=O) groups excluding carboxylic acids is 1. The van der Waals surface area contributed by atoms with E-state index in [1.165, 1.54) is 0 Å². The largest absolute Gasteiger partial charge is 0.373 e. The summed E-state index contributed by atoms with van der Waals surface area (Å²) < 4.78 is 5.07. The molecule has 0 aliphatic carbocycles. The van der Waals surface area contributed by atoms with Crippen molar-refractivity contribution in [1.82, 2.24) is 15.5 Å². The first kappa shape index (κ1) is 15.0. The molecule has 0 saturated carbocycles. The van der Waals surface area contributed by atoms with Gasteiger partial charge in [0.05, 0.1) is 12.2 Å². The lowest BCUT2D eigenvalue weighted by molar-refractivity contribution is 0.0947. The van der Waals surface area contributed by atoms with Gasteiger partial charge < -0.3 is 15.2 Å². The summed E-state index contributed by atoms with van der Waals surface area (Å²) in [6, 6.07) is 5.36. The number of hydrogen-bond donors (Lipinski definition) is 2. The lowest BCUT2D eigenvalue weighted by Crippen LogP contribution is -2.23. The number of nitrogens with zero attached hydrogens (tertiary/aromatic N) is 2. The first-order chi connectivity index (χ1) is 10.1. The van der Waals surface area contributed by atoms with Gasteiger partial charge in [-0.25, -0.2) is 4.98 Å². The van der Waals surface area contributed by atoms with Gasteiger partial charge in [-0.05, 0) is 25.5 Å². The summed E-state index contributed by atoms with van der Waals surface area (Å²) in [5, 5.41) is 9.59. The molecule has 2 rings (SSSR count). The second-order valence-electron chi connectivity index (χ2n) is 4.85. The first-order valence-electron chi connectivity index (χ1n) is 7.01. The number of aromatic nitrogens is 2. The summed E-state index contributed by atoms with van der Waals surface area (Å²) in [5.74, 6) is 1.18. The normalized spacial score (nSPS) is 10.4. The molecule has 0 aliphatic rings. The Labute approximate surface area is 123 Å². The fraction of sp³-hybridized carbons (Fsp3) is 0.400. The maximum absolute atomic E-state index is 12.2. The molecule has 6 nitrogen and oxygen atoms in total. The SMILES string of the molecule is CCCc1cc(C(=O)NCc2cc(C)no2)cc(NC)n1. The molecular weight excluding hydrogens is 268 g/mol. The highest BCUT2D eigenvalue weighted by Crippen LogP contribution is 2.12. The van der Waals surface area contributed by atoms with Gasteiger partial charge in [0.1, 0.15) is 5.82 Å². The lowest BCUT2D eigenvalue weighted by Gasteiger charge is -2.08. The van der Waals surface area contributed by atoms with Crippen LogP contribution in [0, 0.1) is 6.92 Å². The Kier molecular flexibility index (Phi) is 4.92. The molecule has 0 saturated heterocycles. The minimum atomic E-state index is -0.152.